The van der Waals surface area contributed by atoms with E-state index in [0.717, 1.165) is 12.7 Å². The van der Waals surface area contributed by atoms with Crippen LogP contribution in [0, 0.1) is 0 Å². The van der Waals surface area contributed by atoms with Gasteiger partial charge in [0.2, 0.25) is 15.9 Å². The van der Waals surface area contributed by atoms with Gasteiger partial charge >= 0.3 is 0 Å². The second-order valence-corrected chi connectivity index (χ2v) is 6.87. The Labute approximate surface area is 125 Å². The Morgan fingerprint density at radius 1 is 1.35 bits per heavy atom. The zero-order valence-corrected chi connectivity index (χ0v) is 13.2. The highest BCUT2D eigenvalue weighted by molar-refractivity contribution is 7.88. The molecule has 1 aromatic carbocycles. The lowest BCUT2D eigenvalue weighted by Gasteiger charge is -2.19. The predicted molar refractivity (Wildman–Crippen MR) is 81.4 cm³/mol. The summed E-state index contributed by atoms with van der Waals surface area (Å²) in [6.07, 6.45) is 2.68. The van der Waals surface area contributed by atoms with E-state index in [0.29, 0.717) is 23.7 Å². The number of hydrogen-bond donors (Lipinski definition) is 1. The van der Waals surface area contributed by atoms with Gasteiger partial charge in [0.05, 0.1) is 23.5 Å². The molecule has 1 rings (SSSR count). The summed E-state index contributed by atoms with van der Waals surface area (Å²) in [6, 6.07) is 6.81. The van der Waals surface area contributed by atoms with E-state index in [2.05, 4.69) is 5.32 Å². The highest BCUT2D eigenvalue weighted by Gasteiger charge is 2.19. The first-order valence-corrected chi connectivity index (χ1v) is 8.56. The second-order valence-electron chi connectivity index (χ2n) is 4.48. The maximum atomic E-state index is 11.9. The molecule has 0 spiro atoms. The highest BCUT2D eigenvalue weighted by Crippen LogP contribution is 2.20. The summed E-state index contributed by atoms with van der Waals surface area (Å²) in [7, 11) is -3.40. The largest absolute Gasteiger partial charge is 0.324 e. The van der Waals surface area contributed by atoms with Crippen LogP contribution < -0.4 is 5.32 Å². The zero-order chi connectivity index (χ0) is 15.2. The molecule has 0 unspecified atom stereocenters. The number of hydrogen-bond acceptors (Lipinski definition) is 3. The quantitative estimate of drug-likeness (QED) is 0.839. The monoisotopic (exact) mass is 318 g/mol. The first-order valence-electron chi connectivity index (χ1n) is 6.34. The van der Waals surface area contributed by atoms with Gasteiger partial charge in [0.25, 0.3) is 0 Å². The standard InChI is InChI=1S/C13H19ClN2O3S/c1-3-4-9-16(20(2,18)19)10-13(17)15-12-8-6-5-7-11(12)14/h5-8H,3-4,9-10H2,1-2H3,(H,15,17). The average Bonchev–Trinajstić information content (AvgIpc) is 2.36. The number of carbonyl (C=O) groups is 1. The number of nitrogens with one attached hydrogen (secondary N) is 1. The van der Waals surface area contributed by atoms with Gasteiger partial charge in [0.1, 0.15) is 0 Å². The molecule has 0 radical (unpaired) electrons. The number of unbranched alkanes of at least 4 members (excludes halogenated alkanes) is 1. The molecule has 0 aliphatic carbocycles. The van der Waals surface area contributed by atoms with Crippen molar-refractivity contribution in [2.75, 3.05) is 24.7 Å². The Morgan fingerprint density at radius 2 is 2.00 bits per heavy atom. The van der Waals surface area contributed by atoms with Gasteiger partial charge in [-0.25, -0.2) is 8.42 Å². The van der Waals surface area contributed by atoms with Gasteiger partial charge in [0, 0.05) is 6.54 Å². The third-order valence-corrected chi connectivity index (χ3v) is 4.28. The molecule has 0 bridgehead atoms. The molecule has 20 heavy (non-hydrogen) atoms. The summed E-state index contributed by atoms with van der Waals surface area (Å²) >= 11 is 5.93. The van der Waals surface area contributed by atoms with Crippen LogP contribution in [-0.2, 0) is 14.8 Å². The third-order valence-electron chi connectivity index (χ3n) is 2.70. The lowest BCUT2D eigenvalue weighted by atomic mass is 10.3. The van der Waals surface area contributed by atoms with Crippen molar-refractivity contribution < 1.29 is 13.2 Å². The van der Waals surface area contributed by atoms with Crippen LogP contribution >= 0.6 is 11.6 Å². The summed E-state index contributed by atoms with van der Waals surface area (Å²) in [5.41, 5.74) is 0.475. The molecular formula is C13H19ClN2O3S. The minimum absolute atomic E-state index is 0.204. The Morgan fingerprint density at radius 3 is 2.55 bits per heavy atom. The fraction of sp³-hybridized carbons (Fsp3) is 0.462. The molecule has 0 saturated carbocycles. The van der Waals surface area contributed by atoms with Crippen molar-refractivity contribution in [2.45, 2.75) is 19.8 Å². The van der Waals surface area contributed by atoms with E-state index in [4.69, 9.17) is 11.6 Å². The Kier molecular flexibility index (Phi) is 6.45. The van der Waals surface area contributed by atoms with Crippen LogP contribution in [0.15, 0.2) is 24.3 Å². The summed E-state index contributed by atoms with van der Waals surface area (Å²) in [6.45, 7) is 2.10. The molecule has 0 aliphatic rings. The molecule has 0 aliphatic heterocycles. The lowest BCUT2D eigenvalue weighted by Crippen LogP contribution is -2.38. The van der Waals surface area contributed by atoms with Crippen molar-refractivity contribution in [1.82, 2.24) is 4.31 Å². The fourth-order valence-corrected chi connectivity index (χ4v) is 2.60. The van der Waals surface area contributed by atoms with Crippen molar-refractivity contribution in [3.63, 3.8) is 0 Å². The molecule has 1 amide bonds. The number of halogens is 1. The molecule has 112 valence electrons. The van der Waals surface area contributed by atoms with Crippen LogP contribution in [0.2, 0.25) is 5.02 Å². The van der Waals surface area contributed by atoms with Gasteiger partial charge in [-0.1, -0.05) is 37.1 Å². The predicted octanol–water partition coefficient (Wildman–Crippen LogP) is 2.34. The molecule has 0 saturated heterocycles. The van der Waals surface area contributed by atoms with Gasteiger partial charge in [-0.2, -0.15) is 4.31 Å². The zero-order valence-electron chi connectivity index (χ0n) is 11.6. The smallest absolute Gasteiger partial charge is 0.239 e. The molecule has 1 aromatic rings. The van der Waals surface area contributed by atoms with Gasteiger partial charge in [-0.05, 0) is 18.6 Å². The van der Waals surface area contributed by atoms with Gasteiger partial charge < -0.3 is 5.32 Å². The average molecular weight is 319 g/mol. The van der Waals surface area contributed by atoms with Gasteiger partial charge in [-0.3, -0.25) is 4.79 Å². The number of anilines is 1. The molecule has 0 heterocycles. The van der Waals surface area contributed by atoms with Crippen molar-refractivity contribution in [3.05, 3.63) is 29.3 Å². The molecule has 1 N–H and O–H groups in total. The number of carbonyl (C=O) groups excluding carboxylic acids is 1. The first-order chi connectivity index (χ1) is 9.34. The minimum Gasteiger partial charge on any atom is -0.324 e. The third kappa shape index (κ3) is 5.48. The van der Waals surface area contributed by atoms with Crippen LogP contribution in [0.5, 0.6) is 0 Å². The molecular weight excluding hydrogens is 300 g/mol. The minimum atomic E-state index is -3.40. The molecule has 0 atom stereocenters. The number of rotatable bonds is 7. The van der Waals surface area contributed by atoms with Crippen molar-refractivity contribution >= 4 is 33.2 Å². The van der Waals surface area contributed by atoms with E-state index in [1.807, 2.05) is 6.92 Å². The number of para-hydroxylation sites is 1. The van der Waals surface area contributed by atoms with Crippen molar-refractivity contribution in [2.24, 2.45) is 0 Å². The van der Waals surface area contributed by atoms with Gasteiger partial charge in [-0.15, -0.1) is 0 Å². The second kappa shape index (κ2) is 7.61. The Balaban J connectivity index is 2.69. The molecule has 5 nitrogen and oxygen atoms in total. The van der Waals surface area contributed by atoms with Crippen LogP contribution in [0.25, 0.3) is 0 Å². The fourth-order valence-electron chi connectivity index (χ4n) is 1.61. The maximum absolute atomic E-state index is 11.9. The lowest BCUT2D eigenvalue weighted by molar-refractivity contribution is -0.116. The summed E-state index contributed by atoms with van der Waals surface area (Å²) < 4.78 is 24.4. The number of benzene rings is 1. The van der Waals surface area contributed by atoms with Crippen LogP contribution in [-0.4, -0.2) is 38.0 Å². The molecule has 0 fully saturated rings. The molecule has 7 heteroatoms. The Hall–Kier alpha value is -1.11. The van der Waals surface area contributed by atoms with E-state index in [-0.39, 0.29) is 6.54 Å². The van der Waals surface area contributed by atoms with Crippen molar-refractivity contribution in [3.8, 4) is 0 Å². The number of sulfonamides is 1. The van der Waals surface area contributed by atoms with Crippen molar-refractivity contribution in [1.29, 1.82) is 0 Å². The topological polar surface area (TPSA) is 66.5 Å². The summed E-state index contributed by atoms with van der Waals surface area (Å²) in [5.74, 6) is -0.403. The SMILES string of the molecule is CCCCN(CC(=O)Nc1ccccc1Cl)S(C)(=O)=O. The summed E-state index contributed by atoms with van der Waals surface area (Å²) in [5, 5.41) is 3.03. The van der Waals surface area contributed by atoms with Crippen LogP contribution in [0.4, 0.5) is 5.69 Å². The van der Waals surface area contributed by atoms with Crippen LogP contribution in [0.3, 0.4) is 0 Å². The van der Waals surface area contributed by atoms with E-state index in [1.165, 1.54) is 4.31 Å². The van der Waals surface area contributed by atoms with E-state index >= 15 is 0 Å². The number of amides is 1. The van der Waals surface area contributed by atoms with Gasteiger partial charge in [0.15, 0.2) is 0 Å². The van der Waals surface area contributed by atoms with E-state index in [1.54, 1.807) is 24.3 Å². The Bertz CT molecular complexity index is 560. The molecule has 0 aromatic heterocycles. The highest BCUT2D eigenvalue weighted by atomic mass is 35.5. The van der Waals surface area contributed by atoms with E-state index < -0.39 is 15.9 Å². The number of nitrogens with zero attached hydrogens (tertiary/aromatic N) is 1. The van der Waals surface area contributed by atoms with Crippen LogP contribution in [0.1, 0.15) is 19.8 Å². The van der Waals surface area contributed by atoms with E-state index in [9.17, 15) is 13.2 Å². The maximum Gasteiger partial charge on any atom is 0.239 e. The summed E-state index contributed by atoms with van der Waals surface area (Å²) in [4.78, 5) is 11.9. The normalized spacial score (nSPS) is 11.6. The first kappa shape index (κ1) is 16.9.